The lowest BCUT2D eigenvalue weighted by Crippen LogP contribution is -2.22. The van der Waals surface area contributed by atoms with Crippen molar-refractivity contribution in [2.24, 2.45) is 0 Å². The molecule has 3 rings (SSSR count). The first-order valence-corrected chi connectivity index (χ1v) is 7.62. The molecule has 0 atom stereocenters. The first kappa shape index (κ1) is 11.5. The molecule has 2 aromatic rings. The van der Waals surface area contributed by atoms with E-state index >= 15 is 0 Å². The fourth-order valence-electron chi connectivity index (χ4n) is 2.23. The maximum atomic E-state index is 11.4. The second-order valence-electron chi connectivity index (χ2n) is 4.56. The number of fused-ring (bicyclic) bond motifs is 1. The number of aromatic hydroxyl groups is 1. The van der Waals surface area contributed by atoms with E-state index in [0.29, 0.717) is 24.3 Å². The van der Waals surface area contributed by atoms with Gasteiger partial charge in [0.05, 0.1) is 11.5 Å². The lowest BCUT2D eigenvalue weighted by Gasteiger charge is -2.18. The van der Waals surface area contributed by atoms with Gasteiger partial charge in [0.15, 0.2) is 17.2 Å². The second-order valence-corrected chi connectivity index (χ2v) is 6.86. The van der Waals surface area contributed by atoms with Crippen LogP contribution in [0.2, 0.25) is 0 Å². The number of sulfone groups is 1. The summed E-state index contributed by atoms with van der Waals surface area (Å²) in [7, 11) is -2.87. The Bertz CT molecular complexity index is 679. The van der Waals surface area contributed by atoms with Crippen molar-refractivity contribution in [3.63, 3.8) is 0 Å². The first-order chi connectivity index (χ1) is 8.55. The molecule has 1 saturated heterocycles. The summed E-state index contributed by atoms with van der Waals surface area (Å²) in [6.07, 6.45) is 2.82. The van der Waals surface area contributed by atoms with E-state index < -0.39 is 9.84 Å². The van der Waals surface area contributed by atoms with Gasteiger partial charge in [0.2, 0.25) is 0 Å². The first-order valence-electron chi connectivity index (χ1n) is 5.80. The number of hydrogen-bond acceptors (Lipinski definition) is 5. The van der Waals surface area contributed by atoms with E-state index in [2.05, 4.69) is 10.1 Å². The zero-order valence-corrected chi connectivity index (χ0v) is 10.5. The number of hydrogen-bond donors (Lipinski definition) is 1. The van der Waals surface area contributed by atoms with Crippen molar-refractivity contribution in [1.29, 1.82) is 0 Å². The standard InChI is InChI=1S/C11H13N3O3S/c15-9-2-1-5-14-11(9)12-10(13-14)8-3-6-18(16,17)7-4-8/h1-2,5,8,15H,3-4,6-7H2. The Labute approximate surface area is 104 Å². The van der Waals surface area contributed by atoms with Gasteiger partial charge < -0.3 is 5.11 Å². The summed E-state index contributed by atoms with van der Waals surface area (Å²) in [6.45, 7) is 0. The van der Waals surface area contributed by atoms with Crippen LogP contribution in [-0.2, 0) is 9.84 Å². The molecule has 0 saturated carbocycles. The predicted octanol–water partition coefficient (Wildman–Crippen LogP) is 0.727. The van der Waals surface area contributed by atoms with Crippen molar-refractivity contribution in [3.8, 4) is 5.75 Å². The highest BCUT2D eigenvalue weighted by Crippen LogP contribution is 2.28. The van der Waals surface area contributed by atoms with Crippen LogP contribution in [0.3, 0.4) is 0 Å². The zero-order valence-electron chi connectivity index (χ0n) is 9.65. The van der Waals surface area contributed by atoms with Crippen LogP contribution < -0.4 is 0 Å². The van der Waals surface area contributed by atoms with E-state index in [1.54, 1.807) is 18.3 Å². The fraction of sp³-hybridized carbons (Fsp3) is 0.455. The molecule has 6 nitrogen and oxygen atoms in total. The minimum atomic E-state index is -2.87. The summed E-state index contributed by atoms with van der Waals surface area (Å²) in [6, 6.07) is 3.24. The summed E-state index contributed by atoms with van der Waals surface area (Å²) in [5, 5.41) is 13.9. The van der Waals surface area contributed by atoms with Crippen molar-refractivity contribution < 1.29 is 13.5 Å². The van der Waals surface area contributed by atoms with Crippen molar-refractivity contribution in [2.45, 2.75) is 18.8 Å². The van der Waals surface area contributed by atoms with Gasteiger partial charge in [-0.25, -0.2) is 17.9 Å². The molecule has 0 aliphatic carbocycles. The number of pyridine rings is 1. The molecule has 18 heavy (non-hydrogen) atoms. The maximum absolute atomic E-state index is 11.4. The van der Waals surface area contributed by atoms with E-state index in [1.807, 2.05) is 0 Å². The Morgan fingerprint density at radius 3 is 2.72 bits per heavy atom. The van der Waals surface area contributed by atoms with E-state index in [4.69, 9.17) is 0 Å². The minimum Gasteiger partial charge on any atom is -0.504 e. The molecule has 3 heterocycles. The van der Waals surface area contributed by atoms with E-state index in [0.717, 1.165) is 0 Å². The molecule has 0 unspecified atom stereocenters. The Kier molecular flexibility index (Phi) is 2.51. The molecule has 7 heteroatoms. The normalized spacial score (nSPS) is 20.2. The topological polar surface area (TPSA) is 84.6 Å². The molecule has 1 N–H and O–H groups in total. The zero-order chi connectivity index (χ0) is 12.8. The van der Waals surface area contributed by atoms with Crippen molar-refractivity contribution >= 4 is 15.5 Å². The number of rotatable bonds is 1. The molecule has 0 bridgehead atoms. The Morgan fingerprint density at radius 2 is 2.06 bits per heavy atom. The van der Waals surface area contributed by atoms with Gasteiger partial charge in [0, 0.05) is 12.1 Å². The van der Waals surface area contributed by atoms with Crippen LogP contribution in [0.25, 0.3) is 5.65 Å². The molecule has 0 aromatic carbocycles. The summed E-state index contributed by atoms with van der Waals surface area (Å²) < 4.78 is 24.3. The number of nitrogens with zero attached hydrogens (tertiary/aromatic N) is 3. The van der Waals surface area contributed by atoms with Crippen molar-refractivity contribution in [3.05, 3.63) is 24.2 Å². The lowest BCUT2D eigenvalue weighted by atomic mass is 10.0. The largest absolute Gasteiger partial charge is 0.504 e. The predicted molar refractivity (Wildman–Crippen MR) is 65.3 cm³/mol. The van der Waals surface area contributed by atoms with Crippen molar-refractivity contribution in [1.82, 2.24) is 14.6 Å². The molecular weight excluding hydrogens is 254 g/mol. The molecular formula is C11H13N3O3S. The van der Waals surface area contributed by atoms with Crippen LogP contribution in [0, 0.1) is 0 Å². The molecule has 1 aliphatic heterocycles. The molecule has 0 amide bonds. The van der Waals surface area contributed by atoms with Gasteiger partial charge in [-0.1, -0.05) is 0 Å². The smallest absolute Gasteiger partial charge is 0.197 e. The van der Waals surface area contributed by atoms with Crippen LogP contribution in [0.5, 0.6) is 5.75 Å². The lowest BCUT2D eigenvalue weighted by molar-refractivity contribution is 0.477. The minimum absolute atomic E-state index is 0.0628. The van der Waals surface area contributed by atoms with Gasteiger partial charge in [0.25, 0.3) is 0 Å². The fourth-order valence-corrected chi connectivity index (χ4v) is 3.72. The van der Waals surface area contributed by atoms with E-state index in [-0.39, 0.29) is 23.2 Å². The third kappa shape index (κ3) is 1.94. The van der Waals surface area contributed by atoms with Gasteiger partial charge in [-0.3, -0.25) is 0 Å². The quantitative estimate of drug-likeness (QED) is 0.823. The van der Waals surface area contributed by atoms with Crippen LogP contribution in [0.15, 0.2) is 18.3 Å². The molecule has 0 spiro atoms. The maximum Gasteiger partial charge on any atom is 0.197 e. The molecule has 2 aromatic heterocycles. The highest BCUT2D eigenvalue weighted by Gasteiger charge is 2.27. The Hall–Kier alpha value is -1.63. The average Bonchev–Trinajstić information content (AvgIpc) is 2.74. The summed E-state index contributed by atoms with van der Waals surface area (Å²) in [5.74, 6) is 1.15. The number of aromatic nitrogens is 3. The average molecular weight is 267 g/mol. The summed E-state index contributed by atoms with van der Waals surface area (Å²) in [4.78, 5) is 4.29. The van der Waals surface area contributed by atoms with Gasteiger partial charge in [0.1, 0.15) is 9.84 Å². The highest BCUT2D eigenvalue weighted by molar-refractivity contribution is 7.91. The monoisotopic (exact) mass is 267 g/mol. The molecule has 0 radical (unpaired) electrons. The highest BCUT2D eigenvalue weighted by atomic mass is 32.2. The van der Waals surface area contributed by atoms with Crippen molar-refractivity contribution in [2.75, 3.05) is 11.5 Å². The SMILES string of the molecule is O=S1(=O)CCC(c2nc3c(O)cccn3n2)CC1. The summed E-state index contributed by atoms with van der Waals surface area (Å²) >= 11 is 0. The van der Waals surface area contributed by atoms with Gasteiger partial charge in [-0.2, -0.15) is 5.10 Å². The third-order valence-electron chi connectivity index (χ3n) is 3.28. The Balaban J connectivity index is 1.94. The van der Waals surface area contributed by atoms with E-state index in [1.165, 1.54) is 4.52 Å². The van der Waals surface area contributed by atoms with Gasteiger partial charge in [-0.05, 0) is 25.0 Å². The summed E-state index contributed by atoms with van der Waals surface area (Å²) in [5.41, 5.74) is 0.418. The molecule has 1 fully saturated rings. The third-order valence-corrected chi connectivity index (χ3v) is 4.99. The van der Waals surface area contributed by atoms with Crippen LogP contribution in [-0.4, -0.2) is 39.6 Å². The van der Waals surface area contributed by atoms with Crippen LogP contribution >= 0.6 is 0 Å². The van der Waals surface area contributed by atoms with Crippen LogP contribution in [0.1, 0.15) is 24.6 Å². The van der Waals surface area contributed by atoms with Crippen LogP contribution in [0.4, 0.5) is 0 Å². The molecule has 1 aliphatic rings. The van der Waals surface area contributed by atoms with E-state index in [9.17, 15) is 13.5 Å². The molecule has 96 valence electrons. The second kappa shape index (κ2) is 3.94. The van der Waals surface area contributed by atoms with Gasteiger partial charge >= 0.3 is 0 Å². The Morgan fingerprint density at radius 1 is 1.33 bits per heavy atom. The van der Waals surface area contributed by atoms with Gasteiger partial charge in [-0.15, -0.1) is 0 Å².